The monoisotopic (exact) mass is 278 g/mol. The third-order valence-corrected chi connectivity index (χ3v) is 3.87. The largest absolute Gasteiger partial charge is 0.504 e. The molecule has 0 aliphatic carbocycles. The van der Waals surface area contributed by atoms with Crippen molar-refractivity contribution in [2.45, 2.75) is 33.4 Å². The molecule has 4 nitrogen and oxygen atoms in total. The third-order valence-electron chi connectivity index (χ3n) is 3.87. The Kier molecular flexibility index (Phi) is 5.26. The van der Waals surface area contributed by atoms with Crippen LogP contribution >= 0.6 is 0 Å². The van der Waals surface area contributed by atoms with E-state index in [0.717, 1.165) is 32.7 Å². The Morgan fingerprint density at radius 3 is 2.50 bits per heavy atom. The number of phenolic OH excluding ortho intramolecular Hbond substituents is 1. The van der Waals surface area contributed by atoms with Crippen molar-refractivity contribution in [3.05, 3.63) is 23.8 Å². The van der Waals surface area contributed by atoms with E-state index in [0.29, 0.717) is 18.4 Å². The summed E-state index contributed by atoms with van der Waals surface area (Å²) in [6.45, 7) is 12.4. The van der Waals surface area contributed by atoms with Gasteiger partial charge in [-0.05, 0) is 38.5 Å². The first-order valence-corrected chi connectivity index (χ1v) is 7.51. The van der Waals surface area contributed by atoms with Gasteiger partial charge in [-0.2, -0.15) is 0 Å². The molecule has 1 aliphatic rings. The minimum Gasteiger partial charge on any atom is -0.504 e. The molecule has 1 fully saturated rings. The van der Waals surface area contributed by atoms with Gasteiger partial charge in [0, 0.05) is 38.8 Å². The number of hydrogen-bond acceptors (Lipinski definition) is 4. The van der Waals surface area contributed by atoms with E-state index in [1.165, 1.54) is 5.56 Å². The summed E-state index contributed by atoms with van der Waals surface area (Å²) < 4.78 is 5.44. The molecule has 0 saturated carbocycles. The van der Waals surface area contributed by atoms with Gasteiger partial charge in [0.15, 0.2) is 11.5 Å². The van der Waals surface area contributed by atoms with Gasteiger partial charge in [0.05, 0.1) is 6.61 Å². The van der Waals surface area contributed by atoms with E-state index in [2.05, 4.69) is 23.6 Å². The van der Waals surface area contributed by atoms with Crippen LogP contribution in [0.15, 0.2) is 18.2 Å². The zero-order valence-corrected chi connectivity index (χ0v) is 12.8. The zero-order chi connectivity index (χ0) is 14.5. The summed E-state index contributed by atoms with van der Waals surface area (Å²) in [5.74, 6) is 0.811. The van der Waals surface area contributed by atoms with Crippen LogP contribution in [0.5, 0.6) is 11.5 Å². The molecule has 2 rings (SSSR count). The number of phenols is 1. The maximum atomic E-state index is 9.72. The Hall–Kier alpha value is -1.26. The predicted molar refractivity (Wildman–Crippen MR) is 81.3 cm³/mol. The molecule has 4 heteroatoms. The molecule has 1 aromatic carbocycles. The molecule has 20 heavy (non-hydrogen) atoms. The summed E-state index contributed by atoms with van der Waals surface area (Å²) in [7, 11) is 0. The fourth-order valence-corrected chi connectivity index (χ4v) is 2.62. The second-order valence-corrected chi connectivity index (χ2v) is 5.64. The van der Waals surface area contributed by atoms with Crippen LogP contribution in [0.1, 0.15) is 26.3 Å². The average Bonchev–Trinajstić information content (AvgIpc) is 2.43. The minimum atomic E-state index is 0.222. The van der Waals surface area contributed by atoms with E-state index in [-0.39, 0.29) is 5.75 Å². The molecule has 1 saturated heterocycles. The van der Waals surface area contributed by atoms with Crippen molar-refractivity contribution in [2.75, 3.05) is 32.8 Å². The van der Waals surface area contributed by atoms with Gasteiger partial charge >= 0.3 is 0 Å². The van der Waals surface area contributed by atoms with Gasteiger partial charge in [-0.1, -0.05) is 6.07 Å². The number of hydrogen-bond donors (Lipinski definition) is 1. The van der Waals surface area contributed by atoms with Gasteiger partial charge in [-0.15, -0.1) is 0 Å². The highest BCUT2D eigenvalue weighted by molar-refractivity contribution is 5.41. The van der Waals surface area contributed by atoms with Crippen LogP contribution < -0.4 is 4.74 Å². The molecule has 1 heterocycles. The van der Waals surface area contributed by atoms with E-state index >= 15 is 0 Å². The fraction of sp³-hybridized carbons (Fsp3) is 0.625. The Bertz CT molecular complexity index is 426. The summed E-state index contributed by atoms with van der Waals surface area (Å²) in [5.41, 5.74) is 1.20. The predicted octanol–water partition coefficient (Wildman–Crippen LogP) is 2.32. The quantitative estimate of drug-likeness (QED) is 0.896. The second-order valence-electron chi connectivity index (χ2n) is 5.64. The van der Waals surface area contributed by atoms with Crippen molar-refractivity contribution in [3.8, 4) is 11.5 Å². The molecule has 1 aliphatic heterocycles. The molecule has 0 unspecified atom stereocenters. The highest BCUT2D eigenvalue weighted by Crippen LogP contribution is 2.27. The first kappa shape index (κ1) is 15.1. The molecule has 1 N–H and O–H groups in total. The van der Waals surface area contributed by atoms with Crippen LogP contribution in [0.3, 0.4) is 0 Å². The lowest BCUT2D eigenvalue weighted by Crippen LogP contribution is -2.48. The topological polar surface area (TPSA) is 35.9 Å². The van der Waals surface area contributed by atoms with Crippen LogP contribution in [0.25, 0.3) is 0 Å². The molecule has 0 spiro atoms. The van der Waals surface area contributed by atoms with Crippen molar-refractivity contribution >= 4 is 0 Å². The summed E-state index contributed by atoms with van der Waals surface area (Å²) in [4.78, 5) is 4.97. The molecule has 0 radical (unpaired) electrons. The molecular formula is C16H26N2O2. The summed E-state index contributed by atoms with van der Waals surface area (Å²) in [5, 5.41) is 9.72. The fourth-order valence-electron chi connectivity index (χ4n) is 2.62. The Morgan fingerprint density at radius 2 is 1.90 bits per heavy atom. The highest BCUT2D eigenvalue weighted by Gasteiger charge is 2.19. The van der Waals surface area contributed by atoms with Crippen LogP contribution in [0.2, 0.25) is 0 Å². The van der Waals surface area contributed by atoms with Crippen LogP contribution in [-0.2, 0) is 6.54 Å². The Labute approximate surface area is 122 Å². The number of aromatic hydroxyl groups is 1. The molecule has 0 amide bonds. The highest BCUT2D eigenvalue weighted by atomic mass is 16.5. The third kappa shape index (κ3) is 3.87. The van der Waals surface area contributed by atoms with Gasteiger partial charge < -0.3 is 9.84 Å². The van der Waals surface area contributed by atoms with Crippen molar-refractivity contribution in [2.24, 2.45) is 0 Å². The van der Waals surface area contributed by atoms with Crippen LogP contribution in [-0.4, -0.2) is 53.7 Å². The summed E-state index contributed by atoms with van der Waals surface area (Å²) in [6.07, 6.45) is 0. The maximum Gasteiger partial charge on any atom is 0.161 e. The van der Waals surface area contributed by atoms with Crippen molar-refractivity contribution in [1.82, 2.24) is 9.80 Å². The van der Waals surface area contributed by atoms with E-state index < -0.39 is 0 Å². The molecule has 0 bridgehead atoms. The van der Waals surface area contributed by atoms with Crippen molar-refractivity contribution in [1.29, 1.82) is 0 Å². The Balaban J connectivity index is 1.92. The normalized spacial score (nSPS) is 17.6. The lowest BCUT2D eigenvalue weighted by molar-refractivity contribution is 0.104. The summed E-state index contributed by atoms with van der Waals surface area (Å²) >= 11 is 0. The van der Waals surface area contributed by atoms with Gasteiger partial charge in [-0.3, -0.25) is 9.80 Å². The lowest BCUT2D eigenvalue weighted by Gasteiger charge is -2.37. The van der Waals surface area contributed by atoms with Crippen LogP contribution in [0, 0.1) is 0 Å². The SMILES string of the molecule is CCOc1cc(CN2CCN(C(C)C)CC2)ccc1O. The van der Waals surface area contributed by atoms with Crippen LogP contribution in [0.4, 0.5) is 0 Å². The molecule has 1 aromatic rings. The zero-order valence-electron chi connectivity index (χ0n) is 12.8. The van der Waals surface area contributed by atoms with E-state index in [9.17, 15) is 5.11 Å². The van der Waals surface area contributed by atoms with E-state index in [1.807, 2.05) is 19.1 Å². The number of rotatable bonds is 5. The molecular weight excluding hydrogens is 252 g/mol. The number of piperazine rings is 1. The smallest absolute Gasteiger partial charge is 0.161 e. The first-order chi connectivity index (χ1) is 9.60. The number of benzene rings is 1. The van der Waals surface area contributed by atoms with Crippen molar-refractivity contribution in [3.63, 3.8) is 0 Å². The molecule has 0 atom stereocenters. The van der Waals surface area contributed by atoms with Gasteiger partial charge in [0.2, 0.25) is 0 Å². The van der Waals surface area contributed by atoms with E-state index in [1.54, 1.807) is 6.07 Å². The first-order valence-electron chi connectivity index (χ1n) is 7.51. The van der Waals surface area contributed by atoms with E-state index in [4.69, 9.17) is 4.74 Å². The minimum absolute atomic E-state index is 0.222. The number of nitrogens with zero attached hydrogens (tertiary/aromatic N) is 2. The number of ether oxygens (including phenoxy) is 1. The Morgan fingerprint density at radius 1 is 1.20 bits per heavy atom. The molecule has 112 valence electrons. The standard InChI is InChI=1S/C16H26N2O2/c1-4-20-16-11-14(5-6-15(16)19)12-17-7-9-18(10-8-17)13(2)3/h5-6,11,13,19H,4,7-10,12H2,1-3H3. The van der Waals surface area contributed by atoms with Crippen molar-refractivity contribution < 1.29 is 9.84 Å². The van der Waals surface area contributed by atoms with Gasteiger partial charge in [0.1, 0.15) is 0 Å². The summed E-state index contributed by atoms with van der Waals surface area (Å²) in [6, 6.07) is 6.29. The lowest BCUT2D eigenvalue weighted by atomic mass is 10.1. The average molecular weight is 278 g/mol. The van der Waals surface area contributed by atoms with Gasteiger partial charge in [-0.25, -0.2) is 0 Å². The second kappa shape index (κ2) is 6.95. The molecule has 0 aromatic heterocycles. The van der Waals surface area contributed by atoms with Gasteiger partial charge in [0.25, 0.3) is 0 Å². The maximum absolute atomic E-state index is 9.72.